The van der Waals surface area contributed by atoms with Gasteiger partial charge in [-0.05, 0) is 56.3 Å². The number of hydrogen-bond acceptors (Lipinski definition) is 5. The molecule has 3 heterocycles. The average Bonchev–Trinajstić information content (AvgIpc) is 2.99. The molecule has 5 rings (SSSR count). The molecular weight excluding hydrogens is 441 g/mol. The van der Waals surface area contributed by atoms with Gasteiger partial charge in [-0.15, -0.1) is 0 Å². The van der Waals surface area contributed by atoms with E-state index in [0.29, 0.717) is 11.6 Å². The molecular formula is C25H23ClFN5O. The number of aromatic nitrogens is 3. The predicted molar refractivity (Wildman–Crippen MR) is 129 cm³/mol. The zero-order chi connectivity index (χ0) is 23.5. The fraction of sp³-hybridized carbons (Fsp3) is 0.240. The predicted octanol–water partition coefficient (Wildman–Crippen LogP) is 5.21. The van der Waals surface area contributed by atoms with E-state index in [1.165, 1.54) is 29.5 Å². The summed E-state index contributed by atoms with van der Waals surface area (Å²) in [7, 11) is 3.87. The van der Waals surface area contributed by atoms with Crippen LogP contribution in [0.2, 0.25) is 5.02 Å². The van der Waals surface area contributed by atoms with Gasteiger partial charge >= 0.3 is 0 Å². The zero-order valence-corrected chi connectivity index (χ0v) is 19.5. The van der Waals surface area contributed by atoms with Gasteiger partial charge in [-0.1, -0.05) is 23.7 Å². The van der Waals surface area contributed by atoms with Gasteiger partial charge in [0, 0.05) is 42.8 Å². The number of hydrogen-bond donors (Lipinski definition) is 1. The summed E-state index contributed by atoms with van der Waals surface area (Å²) in [6.45, 7) is 5.29. The maximum atomic E-state index is 14.4. The van der Waals surface area contributed by atoms with Crippen molar-refractivity contribution in [1.82, 2.24) is 19.4 Å². The topological polar surface area (TPSA) is 63.1 Å². The lowest BCUT2D eigenvalue weighted by Crippen LogP contribution is -2.31. The first-order valence-corrected chi connectivity index (χ1v) is 11.0. The summed E-state index contributed by atoms with van der Waals surface area (Å²) in [5, 5.41) is 3.71. The monoisotopic (exact) mass is 463 g/mol. The number of pyridine rings is 1. The van der Waals surface area contributed by atoms with Crippen LogP contribution in [0.25, 0.3) is 22.2 Å². The average molecular weight is 464 g/mol. The quantitative estimate of drug-likeness (QED) is 0.451. The number of benzene rings is 2. The molecule has 8 heteroatoms. The van der Waals surface area contributed by atoms with Crippen molar-refractivity contribution in [2.24, 2.45) is 7.05 Å². The van der Waals surface area contributed by atoms with E-state index in [1.807, 2.05) is 6.07 Å². The van der Waals surface area contributed by atoms with Crippen molar-refractivity contribution >= 4 is 34.3 Å². The maximum Gasteiger partial charge on any atom is 0.229 e. The Balaban J connectivity index is 1.54. The minimum atomic E-state index is -0.552. The number of rotatable bonds is 3. The van der Waals surface area contributed by atoms with E-state index < -0.39 is 5.82 Å². The van der Waals surface area contributed by atoms with Crippen molar-refractivity contribution in [3.63, 3.8) is 0 Å². The Morgan fingerprint density at radius 2 is 1.97 bits per heavy atom. The van der Waals surface area contributed by atoms with Crippen LogP contribution in [-0.4, -0.2) is 26.5 Å². The third kappa shape index (κ3) is 3.48. The molecule has 1 N–H and O–H groups in total. The van der Waals surface area contributed by atoms with Crippen LogP contribution in [0.3, 0.4) is 0 Å². The van der Waals surface area contributed by atoms with Crippen molar-refractivity contribution < 1.29 is 4.39 Å². The molecule has 0 bridgehead atoms. The number of anilines is 2. The van der Waals surface area contributed by atoms with Gasteiger partial charge in [0.1, 0.15) is 11.5 Å². The van der Waals surface area contributed by atoms with Gasteiger partial charge in [-0.2, -0.15) is 4.98 Å². The van der Waals surface area contributed by atoms with Gasteiger partial charge in [-0.25, -0.2) is 9.37 Å². The SMILES string of the molecule is CN1Cc2cc(Nc3ncc4c(=O)c(-c5c(F)cccc5Cl)cn(C)c4n3)ccc2C1(C)C. The molecule has 1 aliphatic rings. The lowest BCUT2D eigenvalue weighted by Gasteiger charge is -2.28. The van der Waals surface area contributed by atoms with Gasteiger partial charge < -0.3 is 9.88 Å². The Labute approximate surface area is 195 Å². The van der Waals surface area contributed by atoms with Gasteiger partial charge in [0.15, 0.2) is 0 Å². The first kappa shape index (κ1) is 21.6. The highest BCUT2D eigenvalue weighted by Crippen LogP contribution is 2.38. The Bertz CT molecular complexity index is 1460. The highest BCUT2D eigenvalue weighted by atomic mass is 35.5. The minimum absolute atomic E-state index is 0.00950. The molecule has 4 aromatic rings. The molecule has 0 fully saturated rings. The van der Waals surface area contributed by atoms with E-state index in [0.717, 1.165) is 12.2 Å². The second-order valence-electron chi connectivity index (χ2n) is 8.92. The van der Waals surface area contributed by atoms with Crippen LogP contribution >= 0.6 is 11.6 Å². The largest absolute Gasteiger partial charge is 0.335 e. The summed E-state index contributed by atoms with van der Waals surface area (Å²) in [6.07, 6.45) is 3.02. The molecule has 0 saturated carbocycles. The summed E-state index contributed by atoms with van der Waals surface area (Å²) in [6, 6.07) is 10.6. The molecule has 168 valence electrons. The maximum absolute atomic E-state index is 14.4. The molecule has 0 radical (unpaired) electrons. The summed E-state index contributed by atoms with van der Waals surface area (Å²) in [5.41, 5.74) is 3.74. The second-order valence-corrected chi connectivity index (χ2v) is 9.33. The number of nitrogens with one attached hydrogen (secondary N) is 1. The molecule has 0 aliphatic carbocycles. The molecule has 33 heavy (non-hydrogen) atoms. The van der Waals surface area contributed by atoms with Crippen LogP contribution in [0.1, 0.15) is 25.0 Å². The molecule has 0 atom stereocenters. The van der Waals surface area contributed by atoms with Crippen LogP contribution in [0.4, 0.5) is 16.0 Å². The van der Waals surface area contributed by atoms with Gasteiger partial charge in [-0.3, -0.25) is 9.69 Å². The smallest absolute Gasteiger partial charge is 0.229 e. The third-order valence-electron chi connectivity index (χ3n) is 6.53. The van der Waals surface area contributed by atoms with Crippen LogP contribution in [0.15, 0.2) is 53.6 Å². The Kier molecular flexibility index (Phi) is 4.99. The van der Waals surface area contributed by atoms with E-state index in [2.05, 4.69) is 53.2 Å². The molecule has 6 nitrogen and oxygen atoms in total. The van der Waals surface area contributed by atoms with Crippen molar-refractivity contribution in [1.29, 1.82) is 0 Å². The molecule has 0 amide bonds. The molecule has 0 spiro atoms. The molecule has 2 aromatic carbocycles. The minimum Gasteiger partial charge on any atom is -0.335 e. The van der Waals surface area contributed by atoms with Gasteiger partial charge in [0.05, 0.1) is 16.0 Å². The van der Waals surface area contributed by atoms with Gasteiger partial charge in [0.2, 0.25) is 11.4 Å². The van der Waals surface area contributed by atoms with Crippen LogP contribution in [0, 0.1) is 5.82 Å². The lowest BCUT2D eigenvalue weighted by molar-refractivity contribution is 0.178. The van der Waals surface area contributed by atoms with Crippen LogP contribution < -0.4 is 10.7 Å². The van der Waals surface area contributed by atoms with E-state index in [4.69, 9.17) is 11.6 Å². The van der Waals surface area contributed by atoms with Crippen molar-refractivity contribution in [2.75, 3.05) is 12.4 Å². The highest BCUT2D eigenvalue weighted by molar-refractivity contribution is 6.33. The third-order valence-corrected chi connectivity index (χ3v) is 6.84. The number of aryl methyl sites for hydroxylation is 1. The van der Waals surface area contributed by atoms with E-state index in [1.54, 1.807) is 23.9 Å². The molecule has 0 saturated heterocycles. The standard InChI is InChI=1S/C25H23ClFN5O/c1-25(2)18-9-8-15(10-14(18)12-32(25)4)29-24-28-11-16-22(33)17(13-31(3)23(16)30-24)21-19(26)6-5-7-20(21)27/h5-11,13H,12H2,1-4H3,(H,28,29,30). The van der Waals surface area contributed by atoms with Crippen molar-refractivity contribution in [2.45, 2.75) is 25.9 Å². The Morgan fingerprint density at radius 3 is 2.73 bits per heavy atom. The summed E-state index contributed by atoms with van der Waals surface area (Å²) < 4.78 is 16.1. The van der Waals surface area contributed by atoms with E-state index in [-0.39, 0.29) is 32.5 Å². The first-order chi connectivity index (χ1) is 15.7. The number of fused-ring (bicyclic) bond motifs is 2. The summed E-state index contributed by atoms with van der Waals surface area (Å²) in [4.78, 5) is 24.3. The molecule has 1 aliphatic heterocycles. The van der Waals surface area contributed by atoms with Gasteiger partial charge in [0.25, 0.3) is 0 Å². The Morgan fingerprint density at radius 1 is 1.18 bits per heavy atom. The fourth-order valence-corrected chi connectivity index (χ4v) is 4.71. The lowest BCUT2D eigenvalue weighted by atomic mass is 9.94. The zero-order valence-electron chi connectivity index (χ0n) is 18.8. The van der Waals surface area contributed by atoms with E-state index in [9.17, 15) is 9.18 Å². The normalized spacial score (nSPS) is 15.1. The van der Waals surface area contributed by atoms with E-state index >= 15 is 0 Å². The van der Waals surface area contributed by atoms with Crippen molar-refractivity contribution in [3.8, 4) is 11.1 Å². The highest BCUT2D eigenvalue weighted by Gasteiger charge is 2.34. The Hall–Kier alpha value is -3.29. The molecule has 2 aromatic heterocycles. The fourth-order valence-electron chi connectivity index (χ4n) is 4.44. The van der Waals surface area contributed by atoms with Crippen molar-refractivity contribution in [3.05, 3.63) is 81.0 Å². The summed E-state index contributed by atoms with van der Waals surface area (Å²) >= 11 is 6.19. The number of halogens is 2. The summed E-state index contributed by atoms with van der Waals surface area (Å²) in [5.74, 6) is -0.177. The van der Waals surface area contributed by atoms with Crippen LogP contribution in [-0.2, 0) is 19.1 Å². The molecule has 0 unspecified atom stereocenters. The number of nitrogens with zero attached hydrogens (tertiary/aromatic N) is 4. The second kappa shape index (κ2) is 7.64. The first-order valence-electron chi connectivity index (χ1n) is 10.6. The van der Waals surface area contributed by atoms with Crippen LogP contribution in [0.5, 0.6) is 0 Å².